The van der Waals surface area contributed by atoms with Crippen LogP contribution in [0.5, 0.6) is 0 Å². The fourth-order valence-corrected chi connectivity index (χ4v) is 1.79. The maximum Gasteiger partial charge on any atom is 0.253 e. The number of nitrogens with zero attached hydrogens (tertiary/aromatic N) is 1. The summed E-state index contributed by atoms with van der Waals surface area (Å²) < 4.78 is 5.25. The third-order valence-corrected chi connectivity index (χ3v) is 2.99. The van der Waals surface area contributed by atoms with Gasteiger partial charge >= 0.3 is 0 Å². The average molecular weight is 275 g/mol. The highest BCUT2D eigenvalue weighted by molar-refractivity contribution is 5.96. The fourth-order valence-electron chi connectivity index (χ4n) is 1.79. The number of benzene rings is 1. The summed E-state index contributed by atoms with van der Waals surface area (Å²) >= 11 is 0. The highest BCUT2D eigenvalue weighted by Gasteiger charge is 2.15. The molecule has 0 aliphatic heterocycles. The summed E-state index contributed by atoms with van der Waals surface area (Å²) in [5.74, 6) is 5.41. The van der Waals surface area contributed by atoms with E-state index in [1.807, 2.05) is 19.9 Å². The average Bonchev–Trinajstić information content (AvgIpc) is 2.45. The number of hydrogen-bond acceptors (Lipinski definition) is 3. The molecule has 0 unspecified atom stereocenters. The van der Waals surface area contributed by atoms with Crippen molar-refractivity contribution in [2.45, 2.75) is 13.8 Å². The minimum atomic E-state index is -0.189. The molecule has 20 heavy (non-hydrogen) atoms. The summed E-state index contributed by atoms with van der Waals surface area (Å²) in [4.78, 5) is 14.0. The van der Waals surface area contributed by atoms with E-state index in [9.17, 15) is 4.79 Å². The molecule has 0 bridgehead atoms. The number of hydrogen-bond donors (Lipinski definition) is 1. The Hall–Kier alpha value is -1.83. The lowest BCUT2D eigenvalue weighted by Gasteiger charge is -2.18. The minimum absolute atomic E-state index is 0.0464. The second kappa shape index (κ2) is 8.36. The molecule has 0 saturated carbocycles. The third-order valence-electron chi connectivity index (χ3n) is 2.99. The van der Waals surface area contributed by atoms with Crippen molar-refractivity contribution < 1.29 is 14.6 Å². The highest BCUT2D eigenvalue weighted by Crippen LogP contribution is 2.14. The van der Waals surface area contributed by atoms with Crippen LogP contribution in [-0.2, 0) is 4.74 Å². The first kappa shape index (κ1) is 16.2. The quantitative estimate of drug-likeness (QED) is 0.653. The van der Waals surface area contributed by atoms with Crippen LogP contribution in [0.15, 0.2) is 18.2 Å². The SMILES string of the molecule is CCOCCN(C)C(=O)c1cccc(C#CCO)c1C. The molecule has 0 radical (unpaired) electrons. The Labute approximate surface area is 120 Å². The van der Waals surface area contributed by atoms with Crippen LogP contribution in [0.1, 0.15) is 28.4 Å². The Bertz CT molecular complexity index is 514. The standard InChI is InChI=1S/C16H21NO3/c1-4-20-12-10-17(3)16(19)15-9-5-7-14(13(15)2)8-6-11-18/h5,7,9,18H,4,10-12H2,1-3H3. The topological polar surface area (TPSA) is 49.8 Å². The van der Waals surface area contributed by atoms with E-state index in [2.05, 4.69) is 11.8 Å². The van der Waals surface area contributed by atoms with Gasteiger partial charge in [0, 0.05) is 31.3 Å². The summed E-state index contributed by atoms with van der Waals surface area (Å²) in [6.45, 7) is 5.33. The first-order chi connectivity index (χ1) is 9.61. The van der Waals surface area contributed by atoms with Crippen LogP contribution in [0.4, 0.5) is 0 Å². The molecule has 0 heterocycles. The molecule has 0 aromatic heterocycles. The lowest BCUT2D eigenvalue weighted by Crippen LogP contribution is -2.30. The highest BCUT2D eigenvalue weighted by atomic mass is 16.5. The molecular formula is C16H21NO3. The molecule has 108 valence electrons. The van der Waals surface area contributed by atoms with E-state index in [0.29, 0.717) is 25.3 Å². The van der Waals surface area contributed by atoms with E-state index in [1.165, 1.54) is 0 Å². The molecular weight excluding hydrogens is 254 g/mol. The number of aliphatic hydroxyl groups is 1. The molecule has 0 aliphatic carbocycles. The van der Waals surface area contributed by atoms with Gasteiger partial charge in [-0.15, -0.1) is 0 Å². The molecule has 1 amide bonds. The van der Waals surface area contributed by atoms with Gasteiger partial charge in [-0.25, -0.2) is 0 Å². The van der Waals surface area contributed by atoms with E-state index in [-0.39, 0.29) is 12.5 Å². The molecule has 0 spiro atoms. The minimum Gasteiger partial charge on any atom is -0.384 e. The molecule has 1 N–H and O–H groups in total. The Morgan fingerprint density at radius 1 is 1.45 bits per heavy atom. The zero-order valence-electron chi connectivity index (χ0n) is 12.3. The molecule has 0 saturated heterocycles. The van der Waals surface area contributed by atoms with Crippen LogP contribution in [0, 0.1) is 18.8 Å². The Kier molecular flexibility index (Phi) is 6.78. The van der Waals surface area contributed by atoms with E-state index in [1.54, 1.807) is 24.1 Å². The van der Waals surface area contributed by atoms with Crippen molar-refractivity contribution in [2.24, 2.45) is 0 Å². The predicted molar refractivity (Wildman–Crippen MR) is 78.6 cm³/mol. The van der Waals surface area contributed by atoms with Gasteiger partial charge in [0.25, 0.3) is 5.91 Å². The maximum atomic E-state index is 12.4. The molecule has 0 atom stereocenters. The van der Waals surface area contributed by atoms with Crippen LogP contribution in [0.25, 0.3) is 0 Å². The van der Waals surface area contributed by atoms with Crippen LogP contribution < -0.4 is 0 Å². The zero-order valence-corrected chi connectivity index (χ0v) is 12.3. The lowest BCUT2D eigenvalue weighted by molar-refractivity contribution is 0.0709. The van der Waals surface area contributed by atoms with Gasteiger partial charge in [0.15, 0.2) is 0 Å². The summed E-state index contributed by atoms with van der Waals surface area (Å²) in [5, 5.41) is 8.74. The number of carbonyl (C=O) groups is 1. The van der Waals surface area contributed by atoms with Gasteiger partial charge < -0.3 is 14.7 Å². The van der Waals surface area contributed by atoms with Gasteiger partial charge in [-0.3, -0.25) is 4.79 Å². The number of carbonyl (C=O) groups excluding carboxylic acids is 1. The second-order valence-electron chi connectivity index (χ2n) is 4.36. The van der Waals surface area contributed by atoms with Crippen LogP contribution in [-0.4, -0.2) is 49.3 Å². The molecule has 4 heteroatoms. The zero-order chi connectivity index (χ0) is 15.0. The van der Waals surface area contributed by atoms with Crippen LogP contribution in [0.3, 0.4) is 0 Å². The van der Waals surface area contributed by atoms with Gasteiger partial charge in [0.05, 0.1) is 6.61 Å². The van der Waals surface area contributed by atoms with Crippen molar-refractivity contribution in [1.29, 1.82) is 0 Å². The fraction of sp³-hybridized carbons (Fsp3) is 0.438. The Balaban J connectivity index is 2.87. The first-order valence-electron chi connectivity index (χ1n) is 6.64. The number of aliphatic hydroxyl groups excluding tert-OH is 1. The summed E-state index contributed by atoms with van der Waals surface area (Å²) in [7, 11) is 1.76. The molecule has 0 fully saturated rings. The summed E-state index contributed by atoms with van der Waals surface area (Å²) in [6, 6.07) is 5.44. The van der Waals surface area contributed by atoms with E-state index >= 15 is 0 Å². The predicted octanol–water partition coefficient (Wildman–Crippen LogP) is 1.45. The van der Waals surface area contributed by atoms with Gasteiger partial charge in [0.2, 0.25) is 0 Å². The number of likely N-dealkylation sites (N-methyl/N-ethyl adjacent to an activating group) is 1. The third kappa shape index (κ3) is 4.37. The Morgan fingerprint density at radius 3 is 2.85 bits per heavy atom. The molecule has 0 aliphatic rings. The van der Waals surface area contributed by atoms with Gasteiger partial charge in [-0.1, -0.05) is 17.9 Å². The first-order valence-corrected chi connectivity index (χ1v) is 6.64. The Morgan fingerprint density at radius 2 is 2.20 bits per heavy atom. The molecule has 1 rings (SSSR count). The molecule has 1 aromatic rings. The van der Waals surface area contributed by atoms with E-state index < -0.39 is 0 Å². The largest absolute Gasteiger partial charge is 0.384 e. The van der Waals surface area contributed by atoms with Crippen molar-refractivity contribution in [3.8, 4) is 11.8 Å². The van der Waals surface area contributed by atoms with Crippen LogP contribution in [0.2, 0.25) is 0 Å². The second-order valence-corrected chi connectivity index (χ2v) is 4.36. The molecule has 4 nitrogen and oxygen atoms in total. The van der Waals surface area contributed by atoms with Crippen molar-refractivity contribution in [2.75, 3.05) is 33.4 Å². The summed E-state index contributed by atoms with van der Waals surface area (Å²) in [5.41, 5.74) is 2.23. The van der Waals surface area contributed by atoms with Gasteiger partial charge in [-0.05, 0) is 31.5 Å². The monoisotopic (exact) mass is 275 g/mol. The summed E-state index contributed by atoms with van der Waals surface area (Å²) in [6.07, 6.45) is 0. The van der Waals surface area contributed by atoms with E-state index in [0.717, 1.165) is 11.1 Å². The number of rotatable bonds is 5. The molecule has 1 aromatic carbocycles. The van der Waals surface area contributed by atoms with Crippen molar-refractivity contribution in [3.05, 3.63) is 34.9 Å². The van der Waals surface area contributed by atoms with Crippen molar-refractivity contribution >= 4 is 5.91 Å². The van der Waals surface area contributed by atoms with Crippen molar-refractivity contribution in [1.82, 2.24) is 4.90 Å². The number of amides is 1. The number of ether oxygens (including phenoxy) is 1. The van der Waals surface area contributed by atoms with Crippen LogP contribution >= 0.6 is 0 Å². The maximum absolute atomic E-state index is 12.4. The smallest absolute Gasteiger partial charge is 0.253 e. The van der Waals surface area contributed by atoms with Gasteiger partial charge in [-0.2, -0.15) is 0 Å². The normalized spacial score (nSPS) is 9.80. The lowest BCUT2D eigenvalue weighted by atomic mass is 10.0. The van der Waals surface area contributed by atoms with Crippen molar-refractivity contribution in [3.63, 3.8) is 0 Å². The van der Waals surface area contributed by atoms with Gasteiger partial charge in [0.1, 0.15) is 6.61 Å². The van der Waals surface area contributed by atoms with E-state index in [4.69, 9.17) is 9.84 Å².